The van der Waals surface area contributed by atoms with Crippen molar-refractivity contribution in [3.05, 3.63) is 47.0 Å². The van der Waals surface area contributed by atoms with Gasteiger partial charge in [-0.15, -0.1) is 0 Å². The monoisotopic (exact) mass is 266 g/mol. The molecule has 0 aliphatic heterocycles. The predicted octanol–water partition coefficient (Wildman–Crippen LogP) is 4.63. The molecule has 0 unspecified atom stereocenters. The van der Waals surface area contributed by atoms with E-state index >= 15 is 0 Å². The lowest BCUT2D eigenvalue weighted by atomic mass is 10.0. The quantitative estimate of drug-likeness (QED) is 0.453. The van der Waals surface area contributed by atoms with Crippen LogP contribution in [0.3, 0.4) is 0 Å². The SMILES string of the molecule is Cc1cc2c(sc3nc4ccccc4n32)c(C)c1C. The van der Waals surface area contributed by atoms with Gasteiger partial charge in [0.25, 0.3) is 0 Å². The molecule has 0 spiro atoms. The summed E-state index contributed by atoms with van der Waals surface area (Å²) in [6.07, 6.45) is 0. The van der Waals surface area contributed by atoms with Gasteiger partial charge < -0.3 is 0 Å². The molecule has 2 aromatic carbocycles. The van der Waals surface area contributed by atoms with E-state index in [-0.39, 0.29) is 0 Å². The lowest BCUT2D eigenvalue weighted by molar-refractivity contribution is 1.27. The van der Waals surface area contributed by atoms with Crippen LogP contribution in [0.2, 0.25) is 0 Å². The van der Waals surface area contributed by atoms with Gasteiger partial charge in [0.1, 0.15) is 0 Å². The summed E-state index contributed by atoms with van der Waals surface area (Å²) in [4.78, 5) is 5.82. The Morgan fingerprint density at radius 1 is 1.00 bits per heavy atom. The average Bonchev–Trinajstić information content (AvgIpc) is 2.93. The van der Waals surface area contributed by atoms with Crippen molar-refractivity contribution in [2.45, 2.75) is 20.8 Å². The lowest BCUT2D eigenvalue weighted by Crippen LogP contribution is -1.88. The Hall–Kier alpha value is -1.87. The maximum Gasteiger partial charge on any atom is 0.195 e. The molecular weight excluding hydrogens is 252 g/mol. The minimum absolute atomic E-state index is 1.08. The number of fused-ring (bicyclic) bond motifs is 5. The van der Waals surface area contributed by atoms with Crippen LogP contribution in [-0.2, 0) is 0 Å². The van der Waals surface area contributed by atoms with Gasteiger partial charge in [-0.2, -0.15) is 0 Å². The maximum atomic E-state index is 4.73. The number of para-hydroxylation sites is 2. The fraction of sp³-hybridized carbons (Fsp3) is 0.188. The largest absolute Gasteiger partial charge is 0.283 e. The van der Waals surface area contributed by atoms with Gasteiger partial charge in [0.2, 0.25) is 0 Å². The predicted molar refractivity (Wildman–Crippen MR) is 82.3 cm³/mol. The van der Waals surface area contributed by atoms with Crippen LogP contribution in [0.15, 0.2) is 30.3 Å². The van der Waals surface area contributed by atoms with Gasteiger partial charge in [-0.25, -0.2) is 4.98 Å². The summed E-state index contributed by atoms with van der Waals surface area (Å²) >= 11 is 1.79. The first-order valence-corrected chi connectivity index (χ1v) is 7.25. The van der Waals surface area contributed by atoms with E-state index in [0.29, 0.717) is 0 Å². The Kier molecular flexibility index (Phi) is 2.07. The van der Waals surface area contributed by atoms with Crippen LogP contribution >= 0.6 is 11.3 Å². The van der Waals surface area contributed by atoms with Crippen LogP contribution in [-0.4, -0.2) is 9.38 Å². The van der Waals surface area contributed by atoms with E-state index in [0.717, 1.165) is 10.5 Å². The van der Waals surface area contributed by atoms with Crippen LogP contribution in [0.4, 0.5) is 0 Å². The Morgan fingerprint density at radius 3 is 2.63 bits per heavy atom. The zero-order valence-electron chi connectivity index (χ0n) is 11.2. The first-order valence-electron chi connectivity index (χ1n) is 6.43. The highest BCUT2D eigenvalue weighted by molar-refractivity contribution is 7.23. The summed E-state index contributed by atoms with van der Waals surface area (Å²) in [5, 5.41) is 0. The molecule has 0 saturated heterocycles. The van der Waals surface area contributed by atoms with Gasteiger partial charge in [0.15, 0.2) is 4.96 Å². The number of benzene rings is 2. The molecule has 0 radical (unpaired) electrons. The van der Waals surface area contributed by atoms with Gasteiger partial charge >= 0.3 is 0 Å². The van der Waals surface area contributed by atoms with Crippen molar-refractivity contribution in [3.8, 4) is 0 Å². The third kappa shape index (κ3) is 1.33. The number of imidazole rings is 1. The van der Waals surface area contributed by atoms with E-state index in [4.69, 9.17) is 4.98 Å². The molecule has 94 valence electrons. The number of aryl methyl sites for hydroxylation is 2. The van der Waals surface area contributed by atoms with Crippen molar-refractivity contribution in [1.29, 1.82) is 0 Å². The van der Waals surface area contributed by atoms with E-state index < -0.39 is 0 Å². The lowest BCUT2D eigenvalue weighted by Gasteiger charge is -2.05. The molecule has 3 heteroatoms. The van der Waals surface area contributed by atoms with Gasteiger partial charge in [0, 0.05) is 0 Å². The summed E-state index contributed by atoms with van der Waals surface area (Å²) in [5.74, 6) is 0. The molecule has 0 aliphatic rings. The first-order chi connectivity index (χ1) is 9.16. The van der Waals surface area contributed by atoms with Crippen molar-refractivity contribution in [3.63, 3.8) is 0 Å². The van der Waals surface area contributed by atoms with Crippen LogP contribution in [0.5, 0.6) is 0 Å². The number of rotatable bonds is 0. The molecule has 0 bridgehead atoms. The number of aromatic nitrogens is 2. The molecule has 2 nitrogen and oxygen atoms in total. The molecule has 0 fully saturated rings. The molecule has 4 rings (SSSR count). The van der Waals surface area contributed by atoms with E-state index in [1.165, 1.54) is 32.4 Å². The van der Waals surface area contributed by atoms with Crippen molar-refractivity contribution in [1.82, 2.24) is 9.38 Å². The summed E-state index contributed by atoms with van der Waals surface area (Å²) in [7, 11) is 0. The second kappa shape index (κ2) is 3.58. The first kappa shape index (κ1) is 11.0. The normalized spacial score (nSPS) is 11.9. The van der Waals surface area contributed by atoms with Crippen LogP contribution in [0.1, 0.15) is 16.7 Å². The van der Waals surface area contributed by atoms with Crippen molar-refractivity contribution in [2.75, 3.05) is 0 Å². The maximum absolute atomic E-state index is 4.73. The number of hydrogen-bond acceptors (Lipinski definition) is 2. The zero-order valence-corrected chi connectivity index (χ0v) is 12.0. The standard InChI is InChI=1S/C16H14N2S/c1-9-8-14-15(11(3)10(9)2)19-16-17-12-6-4-5-7-13(12)18(14)16/h4-8H,1-3H3. The van der Waals surface area contributed by atoms with E-state index in [1.807, 2.05) is 6.07 Å². The highest BCUT2D eigenvalue weighted by atomic mass is 32.1. The fourth-order valence-corrected chi connectivity index (χ4v) is 3.90. The molecule has 19 heavy (non-hydrogen) atoms. The topological polar surface area (TPSA) is 17.3 Å². The van der Waals surface area contributed by atoms with Crippen molar-refractivity contribution < 1.29 is 0 Å². The van der Waals surface area contributed by atoms with Crippen molar-refractivity contribution >= 4 is 37.5 Å². The second-order valence-electron chi connectivity index (χ2n) is 5.11. The minimum Gasteiger partial charge on any atom is -0.283 e. The van der Waals surface area contributed by atoms with E-state index in [1.54, 1.807) is 11.3 Å². The number of hydrogen-bond donors (Lipinski definition) is 0. The Labute approximate surface area is 115 Å². The smallest absolute Gasteiger partial charge is 0.195 e. The molecule has 2 heterocycles. The molecule has 0 saturated carbocycles. The fourth-order valence-electron chi connectivity index (χ4n) is 2.73. The van der Waals surface area contributed by atoms with E-state index in [2.05, 4.69) is 49.4 Å². The van der Waals surface area contributed by atoms with Crippen molar-refractivity contribution in [2.24, 2.45) is 0 Å². The van der Waals surface area contributed by atoms with Gasteiger partial charge in [-0.1, -0.05) is 23.5 Å². The highest BCUT2D eigenvalue weighted by Crippen LogP contribution is 2.34. The average molecular weight is 266 g/mol. The van der Waals surface area contributed by atoms with Gasteiger partial charge in [0.05, 0.1) is 21.3 Å². The summed E-state index contributed by atoms with van der Waals surface area (Å²) < 4.78 is 3.64. The Morgan fingerprint density at radius 2 is 1.79 bits per heavy atom. The summed E-state index contributed by atoms with van der Waals surface area (Å²) in [6, 6.07) is 10.6. The van der Waals surface area contributed by atoms with Crippen LogP contribution in [0.25, 0.3) is 26.2 Å². The minimum atomic E-state index is 1.08. The summed E-state index contributed by atoms with van der Waals surface area (Å²) in [5.41, 5.74) is 7.69. The third-order valence-electron chi connectivity index (χ3n) is 4.04. The highest BCUT2D eigenvalue weighted by Gasteiger charge is 2.14. The molecule has 0 aliphatic carbocycles. The third-order valence-corrected chi connectivity index (χ3v) is 5.22. The van der Waals surface area contributed by atoms with E-state index in [9.17, 15) is 0 Å². The van der Waals surface area contributed by atoms with Gasteiger partial charge in [-0.3, -0.25) is 4.40 Å². The number of nitrogens with zero attached hydrogens (tertiary/aromatic N) is 2. The number of thiazole rings is 1. The summed E-state index contributed by atoms with van der Waals surface area (Å²) in [6.45, 7) is 6.60. The molecular formula is C16H14N2S. The second-order valence-corrected chi connectivity index (χ2v) is 6.09. The molecule has 2 aromatic heterocycles. The zero-order chi connectivity index (χ0) is 13.1. The van der Waals surface area contributed by atoms with Crippen LogP contribution < -0.4 is 0 Å². The molecule has 0 N–H and O–H groups in total. The Balaban J connectivity index is 2.32. The molecule has 0 atom stereocenters. The molecule has 4 aromatic rings. The Bertz CT molecular complexity index is 944. The molecule has 0 amide bonds. The van der Waals surface area contributed by atoms with Gasteiger partial charge in [-0.05, 0) is 55.7 Å². The van der Waals surface area contributed by atoms with Crippen LogP contribution in [0, 0.1) is 20.8 Å².